The monoisotopic (exact) mass is 281 g/mol. The molecule has 0 aliphatic rings. The molecule has 2 aromatic rings. The molecule has 0 radical (unpaired) electrons. The van der Waals surface area contributed by atoms with E-state index in [9.17, 15) is 13.2 Å². The molecule has 5 nitrogen and oxygen atoms in total. The van der Waals surface area contributed by atoms with E-state index >= 15 is 0 Å². The number of nitrogens with one attached hydrogen (secondary N) is 1. The number of fused-ring (bicyclic) bond motifs is 1. The molecular formula is C13H15NO4S. The largest absolute Gasteiger partial charge is 0.423 e. The lowest BCUT2D eigenvalue weighted by atomic mass is 10.2. The Morgan fingerprint density at radius 1 is 1.21 bits per heavy atom. The second-order valence-corrected chi connectivity index (χ2v) is 5.97. The first-order valence-corrected chi connectivity index (χ1v) is 7.55. The molecule has 0 saturated carbocycles. The first kappa shape index (κ1) is 13.8. The van der Waals surface area contributed by atoms with Gasteiger partial charge in [0.25, 0.3) is 0 Å². The van der Waals surface area contributed by atoms with Crippen LogP contribution < -0.4 is 10.3 Å². The Morgan fingerprint density at radius 2 is 2.00 bits per heavy atom. The molecule has 0 fully saturated rings. The van der Waals surface area contributed by atoms with Crippen LogP contribution in [0.2, 0.25) is 0 Å². The number of sulfonamides is 1. The van der Waals surface area contributed by atoms with Gasteiger partial charge in [-0.25, -0.2) is 17.9 Å². The van der Waals surface area contributed by atoms with Crippen molar-refractivity contribution in [2.75, 3.05) is 6.54 Å². The van der Waals surface area contributed by atoms with Crippen LogP contribution in [0.3, 0.4) is 0 Å². The Balaban J connectivity index is 2.35. The topological polar surface area (TPSA) is 76.4 Å². The summed E-state index contributed by atoms with van der Waals surface area (Å²) in [7, 11) is -3.50. The first-order valence-electron chi connectivity index (χ1n) is 6.06. The summed E-state index contributed by atoms with van der Waals surface area (Å²) in [6.07, 6.45) is 1.72. The zero-order chi connectivity index (χ0) is 13.9. The van der Waals surface area contributed by atoms with Gasteiger partial charge in [0, 0.05) is 18.0 Å². The lowest BCUT2D eigenvalue weighted by Crippen LogP contribution is -2.24. The molecule has 0 aliphatic heterocycles. The Morgan fingerprint density at radius 3 is 2.74 bits per heavy atom. The van der Waals surface area contributed by atoms with Gasteiger partial charge in [-0.3, -0.25) is 0 Å². The van der Waals surface area contributed by atoms with Crippen molar-refractivity contribution in [3.8, 4) is 0 Å². The second-order valence-electron chi connectivity index (χ2n) is 4.21. The fourth-order valence-electron chi connectivity index (χ4n) is 1.68. The summed E-state index contributed by atoms with van der Waals surface area (Å²) >= 11 is 0. The third-order valence-electron chi connectivity index (χ3n) is 2.72. The van der Waals surface area contributed by atoms with Gasteiger partial charge in [-0.05, 0) is 30.7 Å². The average Bonchev–Trinajstić information content (AvgIpc) is 2.38. The van der Waals surface area contributed by atoms with Crippen LogP contribution in [0.25, 0.3) is 11.0 Å². The lowest BCUT2D eigenvalue weighted by Gasteiger charge is -2.06. The van der Waals surface area contributed by atoms with Crippen LogP contribution in [0.5, 0.6) is 0 Å². The lowest BCUT2D eigenvalue weighted by molar-refractivity contribution is 0.560. The van der Waals surface area contributed by atoms with Gasteiger partial charge in [0.2, 0.25) is 10.0 Å². The van der Waals surface area contributed by atoms with Crippen LogP contribution in [0.1, 0.15) is 19.8 Å². The summed E-state index contributed by atoms with van der Waals surface area (Å²) in [6, 6.07) is 7.23. The highest BCUT2D eigenvalue weighted by atomic mass is 32.2. The Hall–Kier alpha value is -1.66. The van der Waals surface area contributed by atoms with Crippen molar-refractivity contribution in [2.45, 2.75) is 24.7 Å². The maximum atomic E-state index is 12.0. The summed E-state index contributed by atoms with van der Waals surface area (Å²) in [5.74, 6) is 0. The summed E-state index contributed by atoms with van der Waals surface area (Å²) in [5, 5.41) is 0.581. The fourth-order valence-corrected chi connectivity index (χ4v) is 2.79. The zero-order valence-corrected chi connectivity index (χ0v) is 11.4. The molecule has 2 rings (SSSR count). The Bertz CT molecular complexity index is 734. The van der Waals surface area contributed by atoms with Crippen LogP contribution in [0.15, 0.2) is 44.4 Å². The molecule has 0 bridgehead atoms. The molecular weight excluding hydrogens is 266 g/mol. The van der Waals surface area contributed by atoms with Gasteiger partial charge < -0.3 is 4.42 Å². The first-order chi connectivity index (χ1) is 9.03. The number of hydrogen-bond donors (Lipinski definition) is 1. The van der Waals surface area contributed by atoms with E-state index in [1.165, 1.54) is 24.3 Å². The molecule has 0 saturated heterocycles. The van der Waals surface area contributed by atoms with E-state index in [2.05, 4.69) is 4.72 Å². The maximum absolute atomic E-state index is 12.0. The number of unbranched alkanes of at least 4 members (excludes halogenated alkanes) is 1. The summed E-state index contributed by atoms with van der Waals surface area (Å²) in [6.45, 7) is 2.41. The van der Waals surface area contributed by atoms with Crippen molar-refractivity contribution < 1.29 is 12.8 Å². The van der Waals surface area contributed by atoms with Crippen LogP contribution in [0, 0.1) is 0 Å². The molecule has 6 heteroatoms. The molecule has 0 amide bonds. The van der Waals surface area contributed by atoms with Crippen molar-refractivity contribution in [1.29, 1.82) is 0 Å². The van der Waals surface area contributed by atoms with E-state index in [0.717, 1.165) is 12.8 Å². The van der Waals surface area contributed by atoms with E-state index in [4.69, 9.17) is 4.42 Å². The van der Waals surface area contributed by atoms with Gasteiger partial charge in [0.15, 0.2) is 0 Å². The van der Waals surface area contributed by atoms with Crippen molar-refractivity contribution >= 4 is 21.0 Å². The maximum Gasteiger partial charge on any atom is 0.336 e. The third kappa shape index (κ3) is 3.21. The van der Waals surface area contributed by atoms with E-state index in [1.807, 2.05) is 6.92 Å². The molecule has 19 heavy (non-hydrogen) atoms. The number of benzene rings is 1. The molecule has 1 N–H and O–H groups in total. The highest BCUT2D eigenvalue weighted by Gasteiger charge is 2.13. The molecule has 0 atom stereocenters. The predicted octanol–water partition coefficient (Wildman–Crippen LogP) is 1.87. The van der Waals surface area contributed by atoms with E-state index in [-0.39, 0.29) is 4.90 Å². The molecule has 1 aromatic heterocycles. The predicted molar refractivity (Wildman–Crippen MR) is 72.6 cm³/mol. The minimum absolute atomic E-state index is 0.171. The van der Waals surface area contributed by atoms with Crippen LogP contribution in [-0.4, -0.2) is 15.0 Å². The number of hydrogen-bond acceptors (Lipinski definition) is 4. The highest BCUT2D eigenvalue weighted by Crippen LogP contribution is 2.17. The highest BCUT2D eigenvalue weighted by molar-refractivity contribution is 7.89. The smallest absolute Gasteiger partial charge is 0.336 e. The van der Waals surface area contributed by atoms with Gasteiger partial charge in [-0.1, -0.05) is 13.3 Å². The summed E-state index contributed by atoms with van der Waals surface area (Å²) < 4.78 is 31.5. The van der Waals surface area contributed by atoms with Gasteiger partial charge in [-0.15, -0.1) is 0 Å². The zero-order valence-electron chi connectivity index (χ0n) is 10.5. The third-order valence-corrected chi connectivity index (χ3v) is 4.18. The van der Waals surface area contributed by atoms with E-state index in [0.29, 0.717) is 17.5 Å². The molecule has 0 unspecified atom stereocenters. The average molecular weight is 281 g/mol. The van der Waals surface area contributed by atoms with Gasteiger partial charge in [-0.2, -0.15) is 0 Å². The SMILES string of the molecule is CCCCNS(=O)(=O)c1ccc2oc(=O)ccc2c1. The molecule has 0 aliphatic carbocycles. The van der Waals surface area contributed by atoms with E-state index < -0.39 is 15.6 Å². The number of rotatable bonds is 5. The molecule has 0 spiro atoms. The minimum Gasteiger partial charge on any atom is -0.423 e. The van der Waals surface area contributed by atoms with E-state index in [1.54, 1.807) is 6.07 Å². The van der Waals surface area contributed by atoms with Gasteiger partial charge in [0.05, 0.1) is 4.90 Å². The fraction of sp³-hybridized carbons (Fsp3) is 0.308. The summed E-state index contributed by atoms with van der Waals surface area (Å²) in [4.78, 5) is 11.2. The van der Waals surface area contributed by atoms with Gasteiger partial charge >= 0.3 is 5.63 Å². The van der Waals surface area contributed by atoms with Crippen molar-refractivity contribution in [3.63, 3.8) is 0 Å². The second kappa shape index (κ2) is 5.54. The molecule has 1 heterocycles. The van der Waals surface area contributed by atoms with Gasteiger partial charge in [0.1, 0.15) is 5.58 Å². The van der Waals surface area contributed by atoms with Crippen molar-refractivity contribution in [1.82, 2.24) is 4.72 Å². The Kier molecular flexibility index (Phi) is 4.01. The van der Waals surface area contributed by atoms with Crippen LogP contribution in [0.4, 0.5) is 0 Å². The van der Waals surface area contributed by atoms with Crippen LogP contribution in [-0.2, 0) is 10.0 Å². The normalized spacial score (nSPS) is 11.8. The quantitative estimate of drug-likeness (QED) is 0.670. The standard InChI is InChI=1S/C13H15NO4S/c1-2-3-8-14-19(16,17)11-5-6-12-10(9-11)4-7-13(15)18-12/h4-7,9,14H,2-3,8H2,1H3. The minimum atomic E-state index is -3.50. The van der Waals surface area contributed by atoms with Crippen molar-refractivity contribution in [3.05, 3.63) is 40.8 Å². The Labute approximate surface area is 111 Å². The van der Waals surface area contributed by atoms with Crippen LogP contribution >= 0.6 is 0 Å². The molecule has 102 valence electrons. The molecule has 1 aromatic carbocycles. The van der Waals surface area contributed by atoms with Crippen molar-refractivity contribution in [2.24, 2.45) is 0 Å². The summed E-state index contributed by atoms with van der Waals surface area (Å²) in [5.41, 5.74) is -0.0795.